The lowest BCUT2D eigenvalue weighted by atomic mass is 9.96. The van der Waals surface area contributed by atoms with Crippen LogP contribution in [0.15, 0.2) is 17.1 Å². The van der Waals surface area contributed by atoms with Gasteiger partial charge in [0.05, 0.1) is 17.8 Å². The third-order valence-electron chi connectivity index (χ3n) is 3.98. The molecular weight excluding hydrogens is 302 g/mol. The maximum absolute atomic E-state index is 12.2. The van der Waals surface area contributed by atoms with E-state index in [9.17, 15) is 9.90 Å². The molecule has 3 heterocycles. The lowest BCUT2D eigenvalue weighted by Crippen LogP contribution is -2.39. The lowest BCUT2D eigenvalue weighted by Gasteiger charge is -2.31. The number of thiazole rings is 1. The Morgan fingerprint density at radius 3 is 2.86 bits per heavy atom. The van der Waals surface area contributed by atoms with Crippen molar-refractivity contribution in [3.63, 3.8) is 0 Å². The van der Waals surface area contributed by atoms with Gasteiger partial charge in [-0.1, -0.05) is 5.21 Å². The molecule has 22 heavy (non-hydrogen) atoms. The molecule has 1 saturated heterocycles. The fourth-order valence-electron chi connectivity index (χ4n) is 2.66. The van der Waals surface area contributed by atoms with Gasteiger partial charge in [0.1, 0.15) is 11.4 Å². The van der Waals surface area contributed by atoms with Crippen LogP contribution in [0.2, 0.25) is 0 Å². The van der Waals surface area contributed by atoms with Crippen LogP contribution < -0.4 is 0 Å². The van der Waals surface area contributed by atoms with Crippen molar-refractivity contribution in [1.29, 1.82) is 0 Å². The molecule has 2 aromatic rings. The molecule has 0 unspecified atom stereocenters. The van der Waals surface area contributed by atoms with Crippen LogP contribution in [0.25, 0.3) is 0 Å². The number of nitrogens with zero attached hydrogens (tertiary/aromatic N) is 5. The summed E-state index contributed by atoms with van der Waals surface area (Å²) in [6.07, 6.45) is 3.09. The molecule has 8 heteroatoms. The molecule has 0 saturated carbocycles. The van der Waals surface area contributed by atoms with Gasteiger partial charge in [-0.15, -0.1) is 16.4 Å². The summed E-state index contributed by atoms with van der Waals surface area (Å²) in [6.45, 7) is 3.95. The fraction of sp³-hybridized carbons (Fsp3) is 0.571. The van der Waals surface area contributed by atoms with Gasteiger partial charge in [-0.05, 0) is 25.7 Å². The van der Waals surface area contributed by atoms with Crippen molar-refractivity contribution < 1.29 is 9.90 Å². The molecule has 3 rings (SSSR count). The molecule has 7 nitrogen and oxygen atoms in total. The normalized spacial score (nSPS) is 17.6. The van der Waals surface area contributed by atoms with Gasteiger partial charge in [0.15, 0.2) is 0 Å². The van der Waals surface area contributed by atoms with Gasteiger partial charge in [0, 0.05) is 25.0 Å². The predicted octanol–water partition coefficient (Wildman–Crippen LogP) is 1.34. The number of carbonyl (C=O) groups is 1. The molecular formula is C14H19N5O2S. The van der Waals surface area contributed by atoms with E-state index in [0.29, 0.717) is 17.3 Å². The second-order valence-electron chi connectivity index (χ2n) is 5.65. The van der Waals surface area contributed by atoms with E-state index in [1.165, 1.54) is 11.3 Å². The number of hydrogen-bond acceptors (Lipinski definition) is 6. The molecule has 2 aromatic heterocycles. The quantitative estimate of drug-likeness (QED) is 0.918. The Labute approximate surface area is 132 Å². The molecule has 0 radical (unpaired) electrons. The van der Waals surface area contributed by atoms with E-state index in [4.69, 9.17) is 0 Å². The first kappa shape index (κ1) is 15.1. The van der Waals surface area contributed by atoms with Gasteiger partial charge in [-0.2, -0.15) is 0 Å². The van der Waals surface area contributed by atoms with Gasteiger partial charge in [-0.3, -0.25) is 9.48 Å². The molecule has 1 atom stereocenters. The Morgan fingerprint density at radius 1 is 1.50 bits per heavy atom. The summed E-state index contributed by atoms with van der Waals surface area (Å²) >= 11 is 1.44. The summed E-state index contributed by atoms with van der Waals surface area (Å²) in [5, 5.41) is 19.3. The van der Waals surface area contributed by atoms with Gasteiger partial charge >= 0.3 is 0 Å². The number of aliphatic hydroxyl groups excluding tert-OH is 1. The fourth-order valence-corrected chi connectivity index (χ4v) is 3.18. The van der Waals surface area contributed by atoms with Crippen molar-refractivity contribution in [2.45, 2.75) is 32.4 Å². The van der Waals surface area contributed by atoms with Gasteiger partial charge < -0.3 is 10.0 Å². The van der Waals surface area contributed by atoms with E-state index in [0.717, 1.165) is 32.5 Å². The number of rotatable bonds is 4. The number of aliphatic hydroxyl groups is 1. The van der Waals surface area contributed by atoms with Crippen LogP contribution in [0.3, 0.4) is 0 Å². The number of hydrogen-bond donors (Lipinski definition) is 1. The highest BCUT2D eigenvalue weighted by Gasteiger charge is 2.25. The van der Waals surface area contributed by atoms with E-state index >= 15 is 0 Å². The van der Waals surface area contributed by atoms with Crippen molar-refractivity contribution in [2.24, 2.45) is 5.92 Å². The van der Waals surface area contributed by atoms with Crippen LogP contribution in [0.4, 0.5) is 0 Å². The topological polar surface area (TPSA) is 84.1 Å². The molecule has 1 amide bonds. The molecule has 0 spiro atoms. The summed E-state index contributed by atoms with van der Waals surface area (Å²) in [7, 11) is 0. The van der Waals surface area contributed by atoms with Gasteiger partial charge in [0.2, 0.25) is 0 Å². The smallest absolute Gasteiger partial charge is 0.273 e. The number of piperidine rings is 1. The standard InChI is InChI=1S/C14H19N5O2S/c1-10(20)12-7-19(17-16-12)6-11-2-4-18(5-3-11)14(21)13-8-22-9-15-13/h7-11,20H,2-6H2,1H3/t10-/m1/s1. The highest BCUT2D eigenvalue weighted by Crippen LogP contribution is 2.21. The van der Waals surface area contributed by atoms with Crippen molar-refractivity contribution in [1.82, 2.24) is 24.9 Å². The second kappa shape index (κ2) is 6.53. The highest BCUT2D eigenvalue weighted by atomic mass is 32.1. The van der Waals surface area contributed by atoms with Gasteiger partial charge in [-0.25, -0.2) is 4.98 Å². The lowest BCUT2D eigenvalue weighted by molar-refractivity contribution is 0.0676. The van der Waals surface area contributed by atoms with E-state index in [1.807, 2.05) is 4.90 Å². The van der Waals surface area contributed by atoms with E-state index < -0.39 is 6.10 Å². The Bertz CT molecular complexity index is 617. The third-order valence-corrected chi connectivity index (χ3v) is 4.57. The summed E-state index contributed by atoms with van der Waals surface area (Å²) in [5.74, 6) is 0.500. The molecule has 118 valence electrons. The maximum atomic E-state index is 12.2. The van der Waals surface area contributed by atoms with E-state index in [2.05, 4.69) is 15.3 Å². The summed E-state index contributed by atoms with van der Waals surface area (Å²) in [5.41, 5.74) is 2.82. The number of carbonyl (C=O) groups excluding carboxylic acids is 1. The zero-order valence-electron chi connectivity index (χ0n) is 12.4. The van der Waals surface area contributed by atoms with Crippen LogP contribution >= 0.6 is 11.3 Å². The van der Waals surface area contributed by atoms with Crippen LogP contribution in [-0.2, 0) is 6.54 Å². The van der Waals surface area contributed by atoms with Crippen molar-refractivity contribution in [3.05, 3.63) is 28.5 Å². The zero-order chi connectivity index (χ0) is 15.5. The average molecular weight is 321 g/mol. The molecule has 1 N–H and O–H groups in total. The van der Waals surface area contributed by atoms with Crippen molar-refractivity contribution in [3.8, 4) is 0 Å². The Morgan fingerprint density at radius 2 is 2.27 bits per heavy atom. The zero-order valence-corrected chi connectivity index (χ0v) is 13.2. The Kier molecular flexibility index (Phi) is 4.49. The molecule has 1 aliphatic rings. The van der Waals surface area contributed by atoms with Crippen LogP contribution in [0.5, 0.6) is 0 Å². The third kappa shape index (κ3) is 3.33. The van der Waals surface area contributed by atoms with E-state index in [-0.39, 0.29) is 5.91 Å². The number of likely N-dealkylation sites (tertiary alicyclic amines) is 1. The van der Waals surface area contributed by atoms with Gasteiger partial charge in [0.25, 0.3) is 5.91 Å². The maximum Gasteiger partial charge on any atom is 0.273 e. The van der Waals surface area contributed by atoms with E-state index in [1.54, 1.807) is 28.7 Å². The molecule has 0 bridgehead atoms. The minimum atomic E-state index is -0.591. The second-order valence-corrected chi connectivity index (χ2v) is 6.37. The monoisotopic (exact) mass is 321 g/mol. The van der Waals surface area contributed by atoms with Crippen LogP contribution in [-0.4, -0.2) is 49.0 Å². The molecule has 1 aliphatic heterocycles. The first-order valence-corrected chi connectivity index (χ1v) is 8.33. The highest BCUT2D eigenvalue weighted by molar-refractivity contribution is 7.07. The van der Waals surface area contributed by atoms with Crippen molar-refractivity contribution in [2.75, 3.05) is 13.1 Å². The molecule has 1 fully saturated rings. The first-order valence-electron chi connectivity index (χ1n) is 7.39. The summed E-state index contributed by atoms with van der Waals surface area (Å²) in [4.78, 5) is 18.2. The summed E-state index contributed by atoms with van der Waals surface area (Å²) in [6, 6.07) is 0. The number of amides is 1. The number of aromatic nitrogens is 4. The minimum Gasteiger partial charge on any atom is -0.387 e. The SMILES string of the molecule is C[C@@H](O)c1cn(CC2CCN(C(=O)c3cscn3)CC2)nn1. The van der Waals surface area contributed by atoms with Crippen molar-refractivity contribution >= 4 is 17.2 Å². The van der Waals surface area contributed by atoms with Crippen LogP contribution in [0.1, 0.15) is 42.1 Å². The Hall–Kier alpha value is -1.80. The first-order chi connectivity index (χ1) is 10.6. The predicted molar refractivity (Wildman–Crippen MR) is 81.4 cm³/mol. The largest absolute Gasteiger partial charge is 0.387 e. The molecule has 0 aliphatic carbocycles. The average Bonchev–Trinajstić information content (AvgIpc) is 3.19. The summed E-state index contributed by atoms with van der Waals surface area (Å²) < 4.78 is 1.78. The van der Waals surface area contributed by atoms with Crippen LogP contribution in [0, 0.1) is 5.92 Å². The minimum absolute atomic E-state index is 0.0249. The molecule has 0 aromatic carbocycles. The Balaban J connectivity index is 1.52.